The van der Waals surface area contributed by atoms with Crippen molar-refractivity contribution in [1.82, 2.24) is 9.88 Å². The molecule has 3 rings (SSSR count). The van der Waals surface area contributed by atoms with Gasteiger partial charge in [0.2, 0.25) is 5.91 Å². The van der Waals surface area contributed by atoms with Gasteiger partial charge in [-0.15, -0.1) is 0 Å². The number of carbonyl (C=O) groups is 1. The fourth-order valence-corrected chi connectivity index (χ4v) is 3.47. The Morgan fingerprint density at radius 3 is 2.84 bits per heavy atom. The molecule has 2 heterocycles. The average Bonchev–Trinajstić information content (AvgIpc) is 2.98. The van der Waals surface area contributed by atoms with Crippen molar-refractivity contribution in [2.75, 3.05) is 31.6 Å². The van der Waals surface area contributed by atoms with Crippen LogP contribution in [0.4, 0.5) is 10.1 Å². The molecule has 2 aromatic rings. The number of nitrogens with one attached hydrogen (secondary N) is 2. The highest BCUT2D eigenvalue weighted by atomic mass is 19.1. The number of hydrogen-bond donors (Lipinski definition) is 2. The van der Waals surface area contributed by atoms with E-state index in [1.807, 2.05) is 0 Å². The van der Waals surface area contributed by atoms with Gasteiger partial charge in [0, 0.05) is 24.6 Å². The average molecular weight is 347 g/mol. The first-order valence-electron chi connectivity index (χ1n) is 9.00. The molecule has 0 unspecified atom stereocenters. The molecule has 5 nitrogen and oxygen atoms in total. The second kappa shape index (κ2) is 7.87. The van der Waals surface area contributed by atoms with Gasteiger partial charge in [-0.2, -0.15) is 0 Å². The van der Waals surface area contributed by atoms with Crippen LogP contribution in [-0.4, -0.2) is 42.0 Å². The second-order valence-corrected chi connectivity index (χ2v) is 6.73. The molecule has 1 amide bonds. The quantitative estimate of drug-likeness (QED) is 0.836. The smallest absolute Gasteiger partial charge is 0.221 e. The number of H-pyrrole nitrogens is 1. The molecular weight excluding hydrogens is 321 g/mol. The van der Waals surface area contributed by atoms with Crippen LogP contribution >= 0.6 is 0 Å². The zero-order valence-electron chi connectivity index (χ0n) is 14.9. The Kier molecular flexibility index (Phi) is 5.58. The van der Waals surface area contributed by atoms with Gasteiger partial charge in [0.1, 0.15) is 5.75 Å². The Bertz CT molecular complexity index is 736. The first-order chi connectivity index (χ1) is 12.1. The fraction of sp³-hybridized carbons (Fsp3) is 0.526. The number of benzene rings is 1. The van der Waals surface area contributed by atoms with E-state index in [-0.39, 0.29) is 11.7 Å². The number of carbonyl (C=O) groups excluding carboxylic acids is 1. The number of likely N-dealkylation sites (tertiary alicyclic amines) is 1. The van der Waals surface area contributed by atoms with Crippen molar-refractivity contribution in [2.45, 2.75) is 33.1 Å². The Morgan fingerprint density at radius 1 is 1.40 bits per heavy atom. The number of anilines is 1. The molecule has 1 aliphatic heterocycles. The minimum absolute atomic E-state index is 0.189. The molecule has 136 valence electrons. The zero-order valence-corrected chi connectivity index (χ0v) is 14.9. The number of amides is 1. The largest absolute Gasteiger partial charge is 0.493 e. The van der Waals surface area contributed by atoms with Crippen molar-refractivity contribution in [1.29, 1.82) is 0 Å². The molecule has 0 saturated carbocycles. The van der Waals surface area contributed by atoms with Gasteiger partial charge in [-0.1, -0.05) is 6.92 Å². The molecule has 1 aromatic carbocycles. The highest BCUT2D eigenvalue weighted by molar-refractivity contribution is 6.01. The number of ether oxygens (including phenoxy) is 1. The summed E-state index contributed by atoms with van der Waals surface area (Å²) < 4.78 is 20.0. The van der Waals surface area contributed by atoms with Gasteiger partial charge in [-0.3, -0.25) is 4.79 Å². The molecule has 0 atom stereocenters. The standard InChI is InChI=1S/C19H26FN3O2/c1-3-23-7-4-14(5-8-23)6-9-25-15-10-16-18(22-13(2)24)12-21-19(16)17(20)11-15/h10-12,14,21H,3-9H2,1-2H3,(H,22,24). The van der Waals surface area contributed by atoms with Crippen LogP contribution in [0.2, 0.25) is 0 Å². The lowest BCUT2D eigenvalue weighted by atomic mass is 9.94. The molecule has 1 fully saturated rings. The van der Waals surface area contributed by atoms with E-state index in [1.54, 1.807) is 12.3 Å². The predicted molar refractivity (Wildman–Crippen MR) is 97.5 cm³/mol. The molecule has 1 aliphatic rings. The minimum Gasteiger partial charge on any atom is -0.493 e. The van der Waals surface area contributed by atoms with Gasteiger partial charge < -0.3 is 19.9 Å². The minimum atomic E-state index is -0.375. The Balaban J connectivity index is 1.61. The van der Waals surface area contributed by atoms with Crippen molar-refractivity contribution in [3.8, 4) is 5.75 Å². The summed E-state index contributed by atoms with van der Waals surface area (Å²) in [6.07, 6.45) is 4.99. The second-order valence-electron chi connectivity index (χ2n) is 6.73. The first-order valence-corrected chi connectivity index (χ1v) is 9.00. The number of rotatable bonds is 6. The van der Waals surface area contributed by atoms with Crippen molar-refractivity contribution in [2.24, 2.45) is 5.92 Å². The molecule has 25 heavy (non-hydrogen) atoms. The Labute approximate surface area is 147 Å². The van der Waals surface area contributed by atoms with Crippen LogP contribution in [0.5, 0.6) is 5.75 Å². The summed E-state index contributed by atoms with van der Waals surface area (Å²) in [7, 11) is 0. The van der Waals surface area contributed by atoms with Crippen LogP contribution in [0.25, 0.3) is 10.9 Å². The molecule has 0 aliphatic carbocycles. The summed E-state index contributed by atoms with van der Waals surface area (Å²) in [4.78, 5) is 16.6. The number of aromatic nitrogens is 1. The summed E-state index contributed by atoms with van der Waals surface area (Å²) >= 11 is 0. The van der Waals surface area contributed by atoms with Crippen molar-refractivity contribution < 1.29 is 13.9 Å². The van der Waals surface area contributed by atoms with Gasteiger partial charge in [-0.25, -0.2) is 4.39 Å². The predicted octanol–water partition coefficient (Wildman–Crippen LogP) is 3.77. The number of hydrogen-bond acceptors (Lipinski definition) is 3. The fourth-order valence-electron chi connectivity index (χ4n) is 3.47. The van der Waals surface area contributed by atoms with E-state index in [4.69, 9.17) is 4.74 Å². The van der Waals surface area contributed by atoms with Gasteiger partial charge in [0.05, 0.1) is 17.8 Å². The summed E-state index contributed by atoms with van der Waals surface area (Å²) in [6, 6.07) is 3.18. The van der Waals surface area contributed by atoms with Crippen molar-refractivity contribution in [3.63, 3.8) is 0 Å². The van der Waals surface area contributed by atoms with Crippen molar-refractivity contribution >= 4 is 22.5 Å². The van der Waals surface area contributed by atoms with Crippen LogP contribution < -0.4 is 10.1 Å². The topological polar surface area (TPSA) is 57.4 Å². The molecule has 6 heteroatoms. The van der Waals surface area contributed by atoms with Gasteiger partial charge in [-0.05, 0) is 50.9 Å². The third-order valence-corrected chi connectivity index (χ3v) is 4.97. The maximum atomic E-state index is 14.2. The Morgan fingerprint density at radius 2 is 2.16 bits per heavy atom. The van der Waals surface area contributed by atoms with E-state index in [0.29, 0.717) is 34.9 Å². The molecule has 0 spiro atoms. The summed E-state index contributed by atoms with van der Waals surface area (Å²) in [6.45, 7) is 7.65. The number of aromatic amines is 1. The number of halogens is 1. The SMILES string of the molecule is CCN1CCC(CCOc2cc(F)c3[nH]cc(NC(C)=O)c3c2)CC1. The highest BCUT2D eigenvalue weighted by Gasteiger charge is 2.18. The summed E-state index contributed by atoms with van der Waals surface area (Å²) in [5, 5.41) is 3.33. The van der Waals surface area contributed by atoms with E-state index in [0.717, 1.165) is 26.1 Å². The van der Waals surface area contributed by atoms with Crippen molar-refractivity contribution in [3.05, 3.63) is 24.1 Å². The van der Waals surface area contributed by atoms with Crippen LogP contribution in [0, 0.1) is 11.7 Å². The van der Waals surface area contributed by atoms with Crippen LogP contribution in [0.3, 0.4) is 0 Å². The lowest BCUT2D eigenvalue weighted by Gasteiger charge is -2.30. The number of fused-ring (bicyclic) bond motifs is 1. The molecule has 0 bridgehead atoms. The van der Waals surface area contributed by atoms with Gasteiger partial charge >= 0.3 is 0 Å². The third kappa shape index (κ3) is 4.31. The van der Waals surface area contributed by atoms with E-state index >= 15 is 0 Å². The molecular formula is C19H26FN3O2. The Hall–Kier alpha value is -2.08. The zero-order chi connectivity index (χ0) is 17.8. The maximum Gasteiger partial charge on any atom is 0.221 e. The van der Waals surface area contributed by atoms with Crippen LogP contribution in [0.15, 0.2) is 18.3 Å². The summed E-state index contributed by atoms with van der Waals surface area (Å²) in [5.74, 6) is 0.618. The molecule has 1 aromatic heterocycles. The lowest BCUT2D eigenvalue weighted by Crippen LogP contribution is -2.33. The van der Waals surface area contributed by atoms with Gasteiger partial charge in [0.25, 0.3) is 0 Å². The highest BCUT2D eigenvalue weighted by Crippen LogP contribution is 2.30. The molecule has 0 radical (unpaired) electrons. The normalized spacial score (nSPS) is 16.3. The van der Waals surface area contributed by atoms with Crippen LogP contribution in [0.1, 0.15) is 33.1 Å². The van der Waals surface area contributed by atoms with Gasteiger partial charge in [0.15, 0.2) is 5.82 Å². The first kappa shape index (κ1) is 17.7. The lowest BCUT2D eigenvalue weighted by molar-refractivity contribution is -0.114. The van der Waals surface area contributed by atoms with E-state index in [2.05, 4.69) is 22.1 Å². The molecule has 1 saturated heterocycles. The van der Waals surface area contributed by atoms with E-state index in [1.165, 1.54) is 25.8 Å². The maximum absolute atomic E-state index is 14.2. The number of nitrogens with zero attached hydrogens (tertiary/aromatic N) is 1. The van der Waals surface area contributed by atoms with E-state index < -0.39 is 0 Å². The monoisotopic (exact) mass is 347 g/mol. The molecule has 2 N–H and O–H groups in total. The van der Waals surface area contributed by atoms with Crippen LogP contribution in [-0.2, 0) is 4.79 Å². The summed E-state index contributed by atoms with van der Waals surface area (Å²) in [5.41, 5.74) is 0.946. The van der Waals surface area contributed by atoms with E-state index in [9.17, 15) is 9.18 Å². The number of piperidine rings is 1. The third-order valence-electron chi connectivity index (χ3n) is 4.97.